The van der Waals surface area contributed by atoms with Crippen LogP contribution in [-0.2, 0) is 0 Å². The highest BCUT2D eigenvalue weighted by atomic mass is 19.1. The monoisotopic (exact) mass is 213 g/mol. The number of hydrogen-bond acceptors (Lipinski definition) is 2. The van der Waals surface area contributed by atoms with Crippen molar-refractivity contribution in [3.05, 3.63) is 59.9 Å². The Morgan fingerprint density at radius 2 is 1.75 bits per heavy atom. The van der Waals surface area contributed by atoms with Gasteiger partial charge >= 0.3 is 0 Å². The maximum Gasteiger partial charge on any atom is 0.131 e. The second-order valence-electron chi connectivity index (χ2n) is 3.20. The molecule has 0 radical (unpaired) electrons. The lowest BCUT2D eigenvalue weighted by atomic mass is 10.2. The highest BCUT2D eigenvalue weighted by Gasteiger charge is 2.02. The number of ether oxygens (including phenoxy) is 1. The molecule has 0 N–H and O–H groups in total. The van der Waals surface area contributed by atoms with E-state index >= 15 is 0 Å². The third-order valence-corrected chi connectivity index (χ3v) is 1.98. The van der Waals surface area contributed by atoms with E-state index in [0.29, 0.717) is 11.5 Å². The Labute approximate surface area is 92.5 Å². The molecule has 3 heteroatoms. The third-order valence-electron chi connectivity index (χ3n) is 1.98. The summed E-state index contributed by atoms with van der Waals surface area (Å²) in [6.07, 6.45) is 0. The summed E-state index contributed by atoms with van der Waals surface area (Å²) in [5.74, 6) is 0.449. The van der Waals surface area contributed by atoms with Gasteiger partial charge in [-0.3, -0.25) is 0 Å². The van der Waals surface area contributed by atoms with Crippen molar-refractivity contribution < 1.29 is 9.13 Å². The molecule has 0 aliphatic heterocycles. The van der Waals surface area contributed by atoms with Gasteiger partial charge < -0.3 is 4.74 Å². The zero-order chi connectivity index (χ0) is 11.4. The average Bonchev–Trinajstić information content (AvgIpc) is 2.29. The van der Waals surface area contributed by atoms with Gasteiger partial charge in [0, 0.05) is 6.07 Å². The topological polar surface area (TPSA) is 33.0 Å². The molecule has 2 nitrogen and oxygen atoms in total. The summed E-state index contributed by atoms with van der Waals surface area (Å²) in [5.41, 5.74) is 0.242. The summed E-state index contributed by atoms with van der Waals surface area (Å²) < 4.78 is 18.5. The van der Waals surface area contributed by atoms with Crippen LogP contribution in [0, 0.1) is 17.1 Å². The van der Waals surface area contributed by atoms with Gasteiger partial charge in [-0.1, -0.05) is 18.2 Å². The van der Waals surface area contributed by atoms with Crippen LogP contribution in [0.5, 0.6) is 11.5 Å². The van der Waals surface area contributed by atoms with E-state index in [1.165, 1.54) is 12.1 Å². The number of nitrogens with zero attached hydrogens (tertiary/aromatic N) is 1. The molecule has 0 spiro atoms. The Balaban J connectivity index is 2.29. The molecule has 0 amide bonds. The molecule has 0 unspecified atom stereocenters. The maximum absolute atomic E-state index is 13.1. The van der Waals surface area contributed by atoms with Crippen molar-refractivity contribution in [3.63, 3.8) is 0 Å². The molecule has 16 heavy (non-hydrogen) atoms. The van der Waals surface area contributed by atoms with Crippen molar-refractivity contribution in [2.24, 2.45) is 0 Å². The second kappa shape index (κ2) is 4.45. The van der Waals surface area contributed by atoms with Crippen LogP contribution in [-0.4, -0.2) is 0 Å². The van der Waals surface area contributed by atoms with Crippen molar-refractivity contribution >= 4 is 0 Å². The number of hydrogen-bond donors (Lipinski definition) is 0. The molecule has 78 valence electrons. The van der Waals surface area contributed by atoms with Crippen LogP contribution in [0.3, 0.4) is 0 Å². The smallest absolute Gasteiger partial charge is 0.131 e. The Morgan fingerprint density at radius 1 is 1.00 bits per heavy atom. The number of benzene rings is 2. The summed E-state index contributed by atoms with van der Waals surface area (Å²) >= 11 is 0. The lowest BCUT2D eigenvalue weighted by Gasteiger charge is -2.05. The molecule has 0 atom stereocenters. The number of rotatable bonds is 2. The molecule has 0 fully saturated rings. The number of para-hydroxylation sites is 1. The predicted octanol–water partition coefficient (Wildman–Crippen LogP) is 3.49. The quantitative estimate of drug-likeness (QED) is 0.764. The molecule has 0 aliphatic carbocycles. The van der Waals surface area contributed by atoms with E-state index in [1.54, 1.807) is 12.1 Å². The van der Waals surface area contributed by atoms with E-state index in [9.17, 15) is 4.39 Å². The summed E-state index contributed by atoms with van der Waals surface area (Å²) in [5, 5.41) is 8.68. The Hall–Kier alpha value is -2.34. The minimum Gasteiger partial charge on any atom is -0.457 e. The summed E-state index contributed by atoms with van der Waals surface area (Å²) in [4.78, 5) is 0. The zero-order valence-electron chi connectivity index (χ0n) is 8.35. The zero-order valence-corrected chi connectivity index (χ0v) is 8.35. The van der Waals surface area contributed by atoms with Crippen molar-refractivity contribution in [1.82, 2.24) is 0 Å². The minimum atomic E-state index is -0.481. The fraction of sp³-hybridized carbons (Fsp3) is 0. The molecule has 0 aliphatic rings. The minimum absolute atomic E-state index is 0.242. The van der Waals surface area contributed by atoms with Gasteiger partial charge in [-0.15, -0.1) is 0 Å². The first-order valence-electron chi connectivity index (χ1n) is 4.71. The van der Waals surface area contributed by atoms with Crippen LogP contribution in [0.25, 0.3) is 0 Å². The summed E-state index contributed by atoms with van der Waals surface area (Å²) in [7, 11) is 0. The first-order valence-corrected chi connectivity index (χ1v) is 4.71. The largest absolute Gasteiger partial charge is 0.457 e. The first-order chi connectivity index (χ1) is 7.78. The Bertz CT molecular complexity index is 531. The van der Waals surface area contributed by atoms with E-state index in [-0.39, 0.29) is 5.56 Å². The van der Waals surface area contributed by atoms with Crippen LogP contribution >= 0.6 is 0 Å². The van der Waals surface area contributed by atoms with Crippen LogP contribution in [0.15, 0.2) is 48.5 Å². The van der Waals surface area contributed by atoms with E-state index in [1.807, 2.05) is 24.3 Å². The first kappa shape index (κ1) is 10.2. The van der Waals surface area contributed by atoms with Gasteiger partial charge in [0.1, 0.15) is 17.3 Å². The van der Waals surface area contributed by atoms with E-state index in [2.05, 4.69) is 0 Å². The molecule has 2 aromatic rings. The second-order valence-corrected chi connectivity index (χ2v) is 3.20. The molecule has 2 aromatic carbocycles. The van der Waals surface area contributed by atoms with Gasteiger partial charge in [0.05, 0.1) is 11.6 Å². The Kier molecular flexibility index (Phi) is 2.84. The van der Waals surface area contributed by atoms with Gasteiger partial charge in [0.15, 0.2) is 0 Å². The molecular weight excluding hydrogens is 205 g/mol. The molecule has 0 aromatic heterocycles. The molecule has 0 heterocycles. The summed E-state index contributed by atoms with van der Waals surface area (Å²) in [6, 6.07) is 14.8. The lowest BCUT2D eigenvalue weighted by molar-refractivity contribution is 0.476. The molecular formula is C13H8FNO. The van der Waals surface area contributed by atoms with Crippen molar-refractivity contribution in [2.75, 3.05) is 0 Å². The van der Waals surface area contributed by atoms with Crippen LogP contribution in [0.1, 0.15) is 5.56 Å². The predicted molar refractivity (Wildman–Crippen MR) is 57.6 cm³/mol. The fourth-order valence-electron chi connectivity index (χ4n) is 1.31. The van der Waals surface area contributed by atoms with Gasteiger partial charge in [0.2, 0.25) is 0 Å². The van der Waals surface area contributed by atoms with Crippen molar-refractivity contribution in [2.45, 2.75) is 0 Å². The average molecular weight is 213 g/mol. The maximum atomic E-state index is 13.1. The number of halogens is 1. The SMILES string of the molecule is N#Cc1cc(F)cc(Oc2ccccc2)c1. The normalized spacial score (nSPS) is 9.50. The van der Waals surface area contributed by atoms with Crippen molar-refractivity contribution in [1.29, 1.82) is 5.26 Å². The van der Waals surface area contributed by atoms with Crippen LogP contribution in [0.2, 0.25) is 0 Å². The van der Waals surface area contributed by atoms with E-state index in [4.69, 9.17) is 10.00 Å². The van der Waals surface area contributed by atoms with Gasteiger partial charge in [-0.25, -0.2) is 4.39 Å². The lowest BCUT2D eigenvalue weighted by Crippen LogP contribution is -1.87. The van der Waals surface area contributed by atoms with Crippen molar-refractivity contribution in [3.8, 4) is 17.6 Å². The van der Waals surface area contributed by atoms with Gasteiger partial charge in [-0.2, -0.15) is 5.26 Å². The molecule has 0 bridgehead atoms. The van der Waals surface area contributed by atoms with E-state index in [0.717, 1.165) is 6.07 Å². The van der Waals surface area contributed by atoms with Gasteiger partial charge in [-0.05, 0) is 24.3 Å². The molecule has 0 saturated heterocycles. The van der Waals surface area contributed by atoms with E-state index < -0.39 is 5.82 Å². The highest BCUT2D eigenvalue weighted by molar-refractivity contribution is 5.39. The molecule has 0 saturated carbocycles. The number of nitriles is 1. The molecule has 2 rings (SSSR count). The van der Waals surface area contributed by atoms with Crippen LogP contribution in [0.4, 0.5) is 4.39 Å². The highest BCUT2D eigenvalue weighted by Crippen LogP contribution is 2.22. The summed E-state index contributed by atoms with van der Waals surface area (Å²) in [6.45, 7) is 0. The van der Waals surface area contributed by atoms with Crippen LogP contribution < -0.4 is 4.74 Å². The Morgan fingerprint density at radius 3 is 2.44 bits per heavy atom. The third kappa shape index (κ3) is 2.37. The standard InChI is InChI=1S/C13H8FNO/c14-11-6-10(9-15)7-13(8-11)16-12-4-2-1-3-5-12/h1-8H. The van der Waals surface area contributed by atoms with Gasteiger partial charge in [0.25, 0.3) is 0 Å². The fourth-order valence-corrected chi connectivity index (χ4v) is 1.31.